The third-order valence-corrected chi connectivity index (χ3v) is 7.17. The van der Waals surface area contributed by atoms with E-state index < -0.39 is 0 Å². The Balaban J connectivity index is 1.31. The van der Waals surface area contributed by atoms with E-state index in [2.05, 4.69) is 20.3 Å². The molecule has 0 aliphatic carbocycles. The normalized spacial score (nSPS) is 16.1. The number of aromatic nitrogens is 3. The van der Waals surface area contributed by atoms with Gasteiger partial charge in [-0.05, 0) is 68.4 Å². The number of nitrogens with zero attached hydrogens (tertiary/aromatic N) is 6. The molecule has 0 spiro atoms. The van der Waals surface area contributed by atoms with Crippen LogP contribution in [0, 0.1) is 0 Å². The molecule has 38 heavy (non-hydrogen) atoms. The number of hydrogen-bond donors (Lipinski definition) is 1. The molecule has 9 nitrogen and oxygen atoms in total. The Bertz CT molecular complexity index is 1210. The van der Waals surface area contributed by atoms with Gasteiger partial charge in [0.2, 0.25) is 17.8 Å². The van der Waals surface area contributed by atoms with Crippen molar-refractivity contribution in [2.45, 2.75) is 45.1 Å². The van der Waals surface area contributed by atoms with Gasteiger partial charge in [-0.1, -0.05) is 29.8 Å². The van der Waals surface area contributed by atoms with Crippen LogP contribution in [0.5, 0.6) is 11.5 Å². The summed E-state index contributed by atoms with van der Waals surface area (Å²) >= 11 is 6.28. The van der Waals surface area contributed by atoms with E-state index in [0.29, 0.717) is 29.1 Å². The lowest BCUT2D eigenvalue weighted by atomic mass is 10.1. The summed E-state index contributed by atoms with van der Waals surface area (Å²) in [5.41, 5.74) is 4.78. The second-order valence-corrected chi connectivity index (χ2v) is 9.92. The van der Waals surface area contributed by atoms with E-state index in [1.807, 2.05) is 42.5 Å². The van der Waals surface area contributed by atoms with Crippen LogP contribution >= 0.6 is 11.6 Å². The van der Waals surface area contributed by atoms with Crippen LogP contribution in [0.3, 0.4) is 0 Å². The summed E-state index contributed by atoms with van der Waals surface area (Å²) in [7, 11) is 1.62. The molecule has 1 N–H and O–H groups in total. The molecule has 0 unspecified atom stereocenters. The van der Waals surface area contributed by atoms with Crippen LogP contribution in [-0.4, -0.2) is 54.5 Å². The number of benzene rings is 2. The minimum absolute atomic E-state index is 0.332. The molecule has 5 rings (SSSR count). The van der Waals surface area contributed by atoms with Crippen molar-refractivity contribution in [3.8, 4) is 11.5 Å². The number of methoxy groups -OCH3 is 1. The largest absolute Gasteiger partial charge is 0.493 e. The van der Waals surface area contributed by atoms with Crippen molar-refractivity contribution in [3.63, 3.8) is 0 Å². The van der Waals surface area contributed by atoms with Crippen LogP contribution in [0.15, 0.2) is 47.6 Å². The van der Waals surface area contributed by atoms with E-state index >= 15 is 0 Å². The van der Waals surface area contributed by atoms with E-state index in [0.717, 1.165) is 74.9 Å². The van der Waals surface area contributed by atoms with E-state index in [1.54, 1.807) is 13.3 Å². The molecule has 0 atom stereocenters. The molecule has 0 radical (unpaired) electrons. The first-order valence-corrected chi connectivity index (χ1v) is 13.7. The van der Waals surface area contributed by atoms with Crippen LogP contribution in [0.2, 0.25) is 5.02 Å². The number of piperidine rings is 2. The van der Waals surface area contributed by atoms with Crippen LogP contribution in [0.1, 0.15) is 49.7 Å². The minimum atomic E-state index is 0.332. The molecular formula is C28H34ClN7O2. The molecule has 2 aliphatic heterocycles. The second-order valence-electron chi connectivity index (χ2n) is 9.51. The van der Waals surface area contributed by atoms with Gasteiger partial charge in [0.15, 0.2) is 11.5 Å². The molecule has 200 valence electrons. The summed E-state index contributed by atoms with van der Waals surface area (Å²) in [6.07, 6.45) is 8.85. The predicted octanol–water partition coefficient (Wildman–Crippen LogP) is 5.54. The standard InChI is InChI=1S/C28H34ClN7O2/c1-37-24-13-12-21(18-25(24)38-20-22-10-4-5-11-23(22)29)19-30-34-26-31-27(35-14-6-2-7-15-35)33-28(32-26)36-16-8-3-9-17-36/h4-5,10-13,18-19H,2-3,6-9,14-17,20H2,1H3,(H,31,32,33,34)/b30-19-. The molecule has 2 aromatic carbocycles. The molecule has 3 heterocycles. The summed E-state index contributed by atoms with van der Waals surface area (Å²) in [6, 6.07) is 13.3. The average molecular weight is 536 g/mol. The predicted molar refractivity (Wildman–Crippen MR) is 152 cm³/mol. The monoisotopic (exact) mass is 535 g/mol. The Morgan fingerprint density at radius 1 is 0.868 bits per heavy atom. The smallest absolute Gasteiger partial charge is 0.250 e. The van der Waals surface area contributed by atoms with Gasteiger partial charge in [0, 0.05) is 36.8 Å². The SMILES string of the molecule is COc1ccc(/C=N\Nc2nc(N3CCCCC3)nc(N3CCCCC3)n2)cc1OCc1ccccc1Cl. The van der Waals surface area contributed by atoms with Crippen LogP contribution in [-0.2, 0) is 6.61 Å². The fourth-order valence-corrected chi connectivity index (χ4v) is 4.89. The molecule has 2 fully saturated rings. The van der Waals surface area contributed by atoms with Gasteiger partial charge in [-0.2, -0.15) is 20.1 Å². The highest BCUT2D eigenvalue weighted by atomic mass is 35.5. The zero-order valence-electron chi connectivity index (χ0n) is 21.8. The topological polar surface area (TPSA) is 88.0 Å². The fraction of sp³-hybridized carbons (Fsp3) is 0.429. The highest BCUT2D eigenvalue weighted by Crippen LogP contribution is 2.29. The maximum atomic E-state index is 6.28. The minimum Gasteiger partial charge on any atom is -0.493 e. The first kappa shape index (κ1) is 26.0. The highest BCUT2D eigenvalue weighted by molar-refractivity contribution is 6.31. The average Bonchev–Trinajstić information content (AvgIpc) is 2.97. The molecule has 0 bridgehead atoms. The van der Waals surface area contributed by atoms with Crippen molar-refractivity contribution in [2.24, 2.45) is 5.10 Å². The highest BCUT2D eigenvalue weighted by Gasteiger charge is 2.20. The summed E-state index contributed by atoms with van der Waals surface area (Å²) in [4.78, 5) is 18.7. The fourth-order valence-electron chi connectivity index (χ4n) is 4.70. The molecular weight excluding hydrogens is 502 g/mol. The van der Waals surface area contributed by atoms with Crippen molar-refractivity contribution in [3.05, 3.63) is 58.6 Å². The van der Waals surface area contributed by atoms with Gasteiger partial charge in [-0.3, -0.25) is 0 Å². The third-order valence-electron chi connectivity index (χ3n) is 6.80. The Morgan fingerprint density at radius 3 is 2.16 bits per heavy atom. The van der Waals surface area contributed by atoms with E-state index in [-0.39, 0.29) is 0 Å². The molecule has 2 saturated heterocycles. The van der Waals surface area contributed by atoms with Gasteiger partial charge in [0.1, 0.15) is 6.61 Å². The zero-order chi connectivity index (χ0) is 26.2. The maximum Gasteiger partial charge on any atom is 0.250 e. The number of halogens is 1. The van der Waals surface area contributed by atoms with Gasteiger partial charge in [-0.25, -0.2) is 5.43 Å². The Hall–Kier alpha value is -3.59. The lowest BCUT2D eigenvalue weighted by Gasteiger charge is -2.30. The van der Waals surface area contributed by atoms with Gasteiger partial charge in [0.05, 0.1) is 13.3 Å². The Morgan fingerprint density at radius 2 is 1.53 bits per heavy atom. The summed E-state index contributed by atoms with van der Waals surface area (Å²) in [5.74, 6) is 3.13. The van der Waals surface area contributed by atoms with Crippen molar-refractivity contribution in [2.75, 3.05) is 48.5 Å². The molecule has 3 aromatic rings. The molecule has 0 saturated carbocycles. The van der Waals surface area contributed by atoms with Crippen LogP contribution < -0.4 is 24.7 Å². The van der Waals surface area contributed by atoms with Crippen molar-refractivity contribution in [1.29, 1.82) is 0 Å². The summed E-state index contributed by atoms with van der Waals surface area (Å²) in [6.45, 7) is 4.20. The van der Waals surface area contributed by atoms with E-state index in [4.69, 9.17) is 36.0 Å². The molecule has 1 aromatic heterocycles. The second kappa shape index (κ2) is 12.8. The van der Waals surface area contributed by atoms with Gasteiger partial charge in [0.25, 0.3) is 0 Å². The van der Waals surface area contributed by atoms with Crippen LogP contribution in [0.25, 0.3) is 0 Å². The van der Waals surface area contributed by atoms with Gasteiger partial charge < -0.3 is 19.3 Å². The van der Waals surface area contributed by atoms with E-state index in [9.17, 15) is 0 Å². The first-order valence-electron chi connectivity index (χ1n) is 13.3. The molecule has 2 aliphatic rings. The number of hydrazone groups is 1. The van der Waals surface area contributed by atoms with Crippen LogP contribution in [0.4, 0.5) is 17.8 Å². The van der Waals surface area contributed by atoms with E-state index in [1.165, 1.54) is 12.8 Å². The molecule has 0 amide bonds. The zero-order valence-corrected chi connectivity index (χ0v) is 22.5. The maximum absolute atomic E-state index is 6.28. The van der Waals surface area contributed by atoms with Gasteiger partial charge in [-0.15, -0.1) is 0 Å². The van der Waals surface area contributed by atoms with Crippen molar-refractivity contribution < 1.29 is 9.47 Å². The quantitative estimate of drug-likeness (QED) is 0.282. The van der Waals surface area contributed by atoms with Crippen molar-refractivity contribution >= 4 is 35.7 Å². The third kappa shape index (κ3) is 6.64. The Labute approximate surface area is 228 Å². The number of hydrogen-bond acceptors (Lipinski definition) is 9. The summed E-state index contributed by atoms with van der Waals surface area (Å²) in [5, 5.41) is 5.10. The molecule has 10 heteroatoms. The number of nitrogens with one attached hydrogen (secondary N) is 1. The number of ether oxygens (including phenoxy) is 2. The van der Waals surface area contributed by atoms with Gasteiger partial charge >= 0.3 is 0 Å². The number of anilines is 3. The summed E-state index contributed by atoms with van der Waals surface area (Å²) < 4.78 is 11.5. The lowest BCUT2D eigenvalue weighted by Crippen LogP contribution is -2.34. The lowest BCUT2D eigenvalue weighted by molar-refractivity contribution is 0.284. The first-order chi connectivity index (χ1) is 18.7. The number of rotatable bonds is 9. The Kier molecular flexibility index (Phi) is 8.75. The van der Waals surface area contributed by atoms with Crippen molar-refractivity contribution in [1.82, 2.24) is 15.0 Å².